The average molecular weight is 429 g/mol. The molecule has 2 amide bonds. The fourth-order valence-corrected chi connectivity index (χ4v) is 2.84. The van der Waals surface area contributed by atoms with Crippen molar-refractivity contribution in [1.82, 2.24) is 20.3 Å². The molecular weight excluding hydrogens is 410 g/mol. The molecule has 0 atom stereocenters. The van der Waals surface area contributed by atoms with E-state index in [9.17, 15) is 9.59 Å². The number of nitrogens with zero attached hydrogens (tertiary/aromatic N) is 4. The molecule has 4 rings (SSSR count). The molecule has 0 unspecified atom stereocenters. The van der Waals surface area contributed by atoms with Gasteiger partial charge in [-0.05, 0) is 23.3 Å². The molecule has 9 heteroatoms. The van der Waals surface area contributed by atoms with Crippen LogP contribution >= 0.6 is 0 Å². The van der Waals surface area contributed by atoms with Gasteiger partial charge in [0.15, 0.2) is 0 Å². The summed E-state index contributed by atoms with van der Waals surface area (Å²) in [7, 11) is 0. The molecule has 1 N–H and O–H groups in total. The number of nitrogens with one attached hydrogen (secondary N) is 1. The van der Waals surface area contributed by atoms with Gasteiger partial charge in [-0.15, -0.1) is 10.1 Å². The first-order valence-corrected chi connectivity index (χ1v) is 9.77. The summed E-state index contributed by atoms with van der Waals surface area (Å²) < 4.78 is 11.7. The Labute approximate surface area is 183 Å². The van der Waals surface area contributed by atoms with E-state index < -0.39 is 12.2 Å². The van der Waals surface area contributed by atoms with E-state index in [1.807, 2.05) is 60.7 Å². The Morgan fingerprint density at radius 2 is 1.41 bits per heavy atom. The standard InChI is InChI=1S/C23H19N5O4/c29-22(31-15-17-9-3-1-4-10-17)24-21(28-20-14-8-7-13-19(20)26-27-28)25-23(30)32-16-18-11-5-2-6-12-18/h1-14H,15-16H2,(H,24,25,29,30). The molecule has 0 spiro atoms. The number of carbonyl (C=O) groups is 2. The van der Waals surface area contributed by atoms with Crippen molar-refractivity contribution < 1.29 is 19.1 Å². The van der Waals surface area contributed by atoms with Crippen molar-refractivity contribution in [1.29, 1.82) is 0 Å². The fraction of sp³-hybridized carbons (Fsp3) is 0.0870. The van der Waals surface area contributed by atoms with E-state index in [-0.39, 0.29) is 19.2 Å². The van der Waals surface area contributed by atoms with E-state index in [4.69, 9.17) is 9.47 Å². The molecule has 160 valence electrons. The van der Waals surface area contributed by atoms with Crippen molar-refractivity contribution >= 4 is 29.2 Å². The number of ether oxygens (including phenoxy) is 2. The Balaban J connectivity index is 1.51. The van der Waals surface area contributed by atoms with Gasteiger partial charge in [-0.3, -0.25) is 5.32 Å². The highest BCUT2D eigenvalue weighted by molar-refractivity contribution is 6.02. The minimum absolute atomic E-state index is 0.0347. The van der Waals surface area contributed by atoms with E-state index in [1.165, 1.54) is 4.68 Å². The molecule has 1 heterocycles. The Kier molecular flexibility index (Phi) is 6.47. The molecule has 0 radical (unpaired) electrons. The highest BCUT2D eigenvalue weighted by Gasteiger charge is 2.17. The number of carbonyl (C=O) groups excluding carboxylic acids is 2. The topological polar surface area (TPSA) is 108 Å². The van der Waals surface area contributed by atoms with Gasteiger partial charge in [0.2, 0.25) is 5.96 Å². The molecule has 1 aromatic heterocycles. The first kappa shape index (κ1) is 20.7. The maximum Gasteiger partial charge on any atom is 0.437 e. The summed E-state index contributed by atoms with van der Waals surface area (Å²) >= 11 is 0. The number of hydrogen-bond donors (Lipinski definition) is 1. The van der Waals surface area contributed by atoms with Gasteiger partial charge >= 0.3 is 12.2 Å². The smallest absolute Gasteiger partial charge is 0.437 e. The molecule has 0 bridgehead atoms. The van der Waals surface area contributed by atoms with Crippen molar-refractivity contribution in [2.45, 2.75) is 13.2 Å². The first-order chi connectivity index (χ1) is 15.7. The number of rotatable bonds is 4. The molecule has 0 saturated carbocycles. The summed E-state index contributed by atoms with van der Waals surface area (Å²) in [5.41, 5.74) is 2.73. The van der Waals surface area contributed by atoms with Crippen molar-refractivity contribution in [2.75, 3.05) is 0 Å². The van der Waals surface area contributed by atoms with Crippen LogP contribution in [0.25, 0.3) is 11.0 Å². The van der Waals surface area contributed by atoms with Gasteiger partial charge < -0.3 is 9.47 Å². The lowest BCUT2D eigenvalue weighted by Crippen LogP contribution is -2.37. The van der Waals surface area contributed by atoms with E-state index in [0.29, 0.717) is 11.0 Å². The van der Waals surface area contributed by atoms with Crippen LogP contribution in [0.2, 0.25) is 0 Å². The van der Waals surface area contributed by atoms with Crippen molar-refractivity contribution in [3.05, 3.63) is 96.1 Å². The molecule has 3 aromatic carbocycles. The second kappa shape index (κ2) is 9.98. The summed E-state index contributed by atoms with van der Waals surface area (Å²) in [4.78, 5) is 28.6. The van der Waals surface area contributed by atoms with Crippen LogP contribution in [0.1, 0.15) is 11.1 Å². The number of amides is 2. The molecule has 9 nitrogen and oxygen atoms in total. The number of aliphatic imine (C=N–C) groups is 1. The van der Waals surface area contributed by atoms with Crippen LogP contribution in [0.3, 0.4) is 0 Å². The summed E-state index contributed by atoms with van der Waals surface area (Å²) in [6, 6.07) is 25.4. The van der Waals surface area contributed by atoms with E-state index >= 15 is 0 Å². The Bertz CT molecular complexity index is 1240. The third-order valence-electron chi connectivity index (χ3n) is 4.38. The van der Waals surface area contributed by atoms with Crippen LogP contribution in [0, 0.1) is 0 Å². The van der Waals surface area contributed by atoms with E-state index in [1.54, 1.807) is 24.3 Å². The zero-order valence-corrected chi connectivity index (χ0v) is 16.9. The minimum atomic E-state index is -0.896. The van der Waals surface area contributed by atoms with Crippen molar-refractivity contribution in [2.24, 2.45) is 4.99 Å². The summed E-state index contributed by atoms with van der Waals surface area (Å²) in [5, 5.41) is 10.5. The van der Waals surface area contributed by atoms with Crippen LogP contribution in [-0.2, 0) is 22.7 Å². The normalized spacial score (nSPS) is 11.2. The molecule has 0 aliphatic heterocycles. The van der Waals surface area contributed by atoms with Gasteiger partial charge in [-0.2, -0.15) is 4.68 Å². The van der Waals surface area contributed by atoms with Crippen LogP contribution in [0.5, 0.6) is 0 Å². The molecule has 32 heavy (non-hydrogen) atoms. The van der Waals surface area contributed by atoms with Crippen LogP contribution in [0.4, 0.5) is 9.59 Å². The van der Waals surface area contributed by atoms with Gasteiger partial charge in [0.05, 0.1) is 5.52 Å². The molecule has 0 saturated heterocycles. The Morgan fingerprint density at radius 3 is 2.09 bits per heavy atom. The van der Waals surface area contributed by atoms with Gasteiger partial charge in [-0.1, -0.05) is 78.0 Å². The summed E-state index contributed by atoms with van der Waals surface area (Å²) in [6.07, 6.45) is -1.70. The number of aromatic nitrogens is 3. The predicted octanol–water partition coefficient (Wildman–Crippen LogP) is 3.90. The summed E-state index contributed by atoms with van der Waals surface area (Å²) in [6.45, 7) is 0.0868. The minimum Gasteiger partial charge on any atom is -0.444 e. The number of benzene rings is 3. The lowest BCUT2D eigenvalue weighted by atomic mass is 10.2. The maximum absolute atomic E-state index is 12.4. The van der Waals surface area contributed by atoms with Crippen LogP contribution < -0.4 is 5.32 Å². The number of para-hydroxylation sites is 1. The zero-order chi connectivity index (χ0) is 22.2. The molecule has 0 aliphatic carbocycles. The highest BCUT2D eigenvalue weighted by atomic mass is 16.6. The quantitative estimate of drug-likeness (QED) is 0.389. The van der Waals surface area contributed by atoms with Crippen molar-refractivity contribution in [3.8, 4) is 0 Å². The lowest BCUT2D eigenvalue weighted by Gasteiger charge is -2.10. The third kappa shape index (κ3) is 5.33. The number of hydrogen-bond acceptors (Lipinski definition) is 6. The average Bonchev–Trinajstić information content (AvgIpc) is 3.27. The second-order valence-corrected chi connectivity index (χ2v) is 6.65. The first-order valence-electron chi connectivity index (χ1n) is 9.77. The zero-order valence-electron chi connectivity index (χ0n) is 16.9. The summed E-state index contributed by atoms with van der Waals surface area (Å²) in [5.74, 6) is -0.185. The largest absolute Gasteiger partial charge is 0.444 e. The number of alkyl carbamates (subject to hydrolysis) is 1. The van der Waals surface area contributed by atoms with E-state index in [0.717, 1.165) is 11.1 Å². The third-order valence-corrected chi connectivity index (χ3v) is 4.38. The van der Waals surface area contributed by atoms with E-state index in [2.05, 4.69) is 20.6 Å². The molecule has 4 aromatic rings. The number of fused-ring (bicyclic) bond motifs is 1. The Hall–Kier alpha value is -4.53. The maximum atomic E-state index is 12.4. The van der Waals surface area contributed by atoms with Crippen LogP contribution in [0.15, 0.2) is 89.9 Å². The predicted molar refractivity (Wildman–Crippen MR) is 117 cm³/mol. The van der Waals surface area contributed by atoms with Crippen LogP contribution in [-0.4, -0.2) is 33.1 Å². The molecule has 0 aliphatic rings. The molecular formula is C23H19N5O4. The van der Waals surface area contributed by atoms with Gasteiger partial charge in [0.1, 0.15) is 18.7 Å². The second-order valence-electron chi connectivity index (χ2n) is 6.65. The monoisotopic (exact) mass is 429 g/mol. The highest BCUT2D eigenvalue weighted by Crippen LogP contribution is 2.10. The van der Waals surface area contributed by atoms with Gasteiger partial charge in [0, 0.05) is 0 Å². The van der Waals surface area contributed by atoms with Crippen molar-refractivity contribution in [3.63, 3.8) is 0 Å². The Morgan fingerprint density at radius 1 is 0.812 bits per heavy atom. The fourth-order valence-electron chi connectivity index (χ4n) is 2.84. The molecule has 0 fully saturated rings. The van der Waals surface area contributed by atoms with Gasteiger partial charge in [-0.25, -0.2) is 9.59 Å². The van der Waals surface area contributed by atoms with Gasteiger partial charge in [0.25, 0.3) is 0 Å². The lowest BCUT2D eigenvalue weighted by molar-refractivity contribution is 0.144. The SMILES string of the molecule is O=C(/N=C(\NC(=O)OCc1ccccc1)n1nnc2ccccc21)OCc1ccccc1.